The van der Waals surface area contributed by atoms with Crippen molar-refractivity contribution >= 4 is 17.5 Å². The summed E-state index contributed by atoms with van der Waals surface area (Å²) in [6.07, 6.45) is 0. The highest BCUT2D eigenvalue weighted by Crippen LogP contribution is 2.30. The number of rotatable bonds is 3. The predicted octanol–water partition coefficient (Wildman–Crippen LogP) is 2.71. The first-order valence-corrected chi connectivity index (χ1v) is 8.04. The average Bonchev–Trinajstić information content (AvgIpc) is 2.64. The third-order valence-corrected chi connectivity index (χ3v) is 4.40. The van der Waals surface area contributed by atoms with Crippen LogP contribution in [0.4, 0.5) is 10.1 Å². The Labute approximate surface area is 145 Å². The Bertz CT molecular complexity index is 809. The minimum atomic E-state index is -0.689. The van der Waals surface area contributed by atoms with Crippen molar-refractivity contribution in [1.82, 2.24) is 4.90 Å². The van der Waals surface area contributed by atoms with Crippen molar-refractivity contribution in [2.24, 2.45) is 0 Å². The molecule has 1 aliphatic heterocycles. The molecule has 1 heterocycles. The largest absolute Gasteiger partial charge is 0.495 e. The molecule has 0 spiro atoms. The summed E-state index contributed by atoms with van der Waals surface area (Å²) in [5.41, 5.74) is 0.646. The maximum atomic E-state index is 13.9. The highest BCUT2D eigenvalue weighted by atomic mass is 19.1. The van der Waals surface area contributed by atoms with Gasteiger partial charge in [-0.05, 0) is 31.2 Å². The Morgan fingerprint density at radius 3 is 2.52 bits per heavy atom. The fourth-order valence-electron chi connectivity index (χ4n) is 3.03. The van der Waals surface area contributed by atoms with Crippen molar-refractivity contribution in [2.75, 3.05) is 25.1 Å². The van der Waals surface area contributed by atoms with Crippen LogP contribution in [0.2, 0.25) is 0 Å². The van der Waals surface area contributed by atoms with E-state index in [0.717, 1.165) is 0 Å². The van der Waals surface area contributed by atoms with Crippen LogP contribution < -0.4 is 9.64 Å². The maximum Gasteiger partial charge on any atom is 0.257 e. The van der Waals surface area contributed by atoms with E-state index in [2.05, 4.69) is 0 Å². The van der Waals surface area contributed by atoms with E-state index < -0.39 is 17.8 Å². The van der Waals surface area contributed by atoms with Crippen LogP contribution in [0.3, 0.4) is 0 Å². The number of halogens is 1. The lowest BCUT2D eigenvalue weighted by molar-refractivity contribution is -0.124. The van der Waals surface area contributed by atoms with Crippen LogP contribution in [0.15, 0.2) is 48.5 Å². The standard InChI is InChI=1S/C19H19FN2O3/c1-13-18(23)22(16-9-5-6-10-17(16)25-2)12-11-21(13)19(24)14-7-3-4-8-15(14)20/h3-10,13H,11-12H2,1-2H3. The number of carbonyl (C=O) groups excluding carboxylic acids is 2. The number of benzene rings is 2. The van der Waals surface area contributed by atoms with Gasteiger partial charge in [-0.25, -0.2) is 4.39 Å². The zero-order chi connectivity index (χ0) is 18.0. The quantitative estimate of drug-likeness (QED) is 0.862. The van der Waals surface area contributed by atoms with Gasteiger partial charge in [-0.15, -0.1) is 0 Å². The Kier molecular flexibility index (Phi) is 4.70. The van der Waals surface area contributed by atoms with E-state index in [0.29, 0.717) is 24.5 Å². The predicted molar refractivity (Wildman–Crippen MR) is 92.2 cm³/mol. The van der Waals surface area contributed by atoms with Gasteiger partial charge >= 0.3 is 0 Å². The molecular weight excluding hydrogens is 323 g/mol. The van der Waals surface area contributed by atoms with Gasteiger partial charge < -0.3 is 14.5 Å². The minimum Gasteiger partial charge on any atom is -0.495 e. The molecule has 2 aromatic carbocycles. The number of nitrogens with zero attached hydrogens (tertiary/aromatic N) is 2. The molecule has 1 fully saturated rings. The molecule has 0 bridgehead atoms. The summed E-state index contributed by atoms with van der Waals surface area (Å²) >= 11 is 0. The SMILES string of the molecule is COc1ccccc1N1CCN(C(=O)c2ccccc2F)C(C)C1=O. The molecule has 0 radical (unpaired) electrons. The number of para-hydroxylation sites is 2. The van der Waals surface area contributed by atoms with E-state index in [1.165, 1.54) is 23.1 Å². The number of anilines is 1. The lowest BCUT2D eigenvalue weighted by Gasteiger charge is -2.39. The van der Waals surface area contributed by atoms with Crippen LogP contribution in [0.1, 0.15) is 17.3 Å². The van der Waals surface area contributed by atoms with Crippen LogP contribution in [0, 0.1) is 5.82 Å². The number of ether oxygens (including phenoxy) is 1. The molecule has 1 saturated heterocycles. The summed E-state index contributed by atoms with van der Waals surface area (Å²) in [7, 11) is 1.55. The van der Waals surface area contributed by atoms with Crippen LogP contribution in [-0.4, -0.2) is 43.0 Å². The minimum absolute atomic E-state index is 0.0205. The van der Waals surface area contributed by atoms with Gasteiger partial charge in [0, 0.05) is 13.1 Å². The van der Waals surface area contributed by atoms with Gasteiger partial charge in [0.2, 0.25) is 5.91 Å². The van der Waals surface area contributed by atoms with Gasteiger partial charge in [-0.1, -0.05) is 24.3 Å². The zero-order valence-corrected chi connectivity index (χ0v) is 14.1. The number of amides is 2. The Morgan fingerprint density at radius 2 is 1.80 bits per heavy atom. The third kappa shape index (κ3) is 3.07. The van der Waals surface area contributed by atoms with E-state index in [1.807, 2.05) is 12.1 Å². The van der Waals surface area contributed by atoms with Crippen molar-refractivity contribution in [1.29, 1.82) is 0 Å². The summed E-state index contributed by atoms with van der Waals surface area (Å²) < 4.78 is 19.2. The van der Waals surface area contributed by atoms with E-state index in [-0.39, 0.29) is 11.5 Å². The topological polar surface area (TPSA) is 49.9 Å². The van der Waals surface area contributed by atoms with Crippen LogP contribution in [0.25, 0.3) is 0 Å². The van der Waals surface area contributed by atoms with Crippen molar-refractivity contribution in [3.05, 3.63) is 59.9 Å². The molecular formula is C19H19FN2O3. The smallest absolute Gasteiger partial charge is 0.257 e. The first-order chi connectivity index (χ1) is 12.0. The van der Waals surface area contributed by atoms with Crippen LogP contribution in [0.5, 0.6) is 5.75 Å². The summed E-state index contributed by atoms with van der Waals surface area (Å²) in [5.74, 6) is -0.685. The molecule has 1 aliphatic rings. The molecule has 3 rings (SSSR count). The van der Waals surface area contributed by atoms with Gasteiger partial charge in [-0.3, -0.25) is 9.59 Å². The summed E-state index contributed by atoms with van der Waals surface area (Å²) in [4.78, 5) is 28.5. The van der Waals surface area contributed by atoms with Gasteiger partial charge in [0.25, 0.3) is 5.91 Å². The van der Waals surface area contributed by atoms with Crippen molar-refractivity contribution in [3.8, 4) is 5.75 Å². The highest BCUT2D eigenvalue weighted by molar-refractivity contribution is 6.04. The van der Waals surface area contributed by atoms with E-state index in [4.69, 9.17) is 4.74 Å². The fraction of sp³-hybridized carbons (Fsp3) is 0.263. The summed E-state index contributed by atoms with van der Waals surface area (Å²) in [6, 6.07) is 12.4. The molecule has 5 nitrogen and oxygen atoms in total. The van der Waals surface area contributed by atoms with Crippen LogP contribution >= 0.6 is 0 Å². The molecule has 2 amide bonds. The molecule has 0 aromatic heterocycles. The Morgan fingerprint density at radius 1 is 1.12 bits per heavy atom. The van der Waals surface area contributed by atoms with E-state index >= 15 is 0 Å². The van der Waals surface area contributed by atoms with Crippen molar-refractivity contribution < 1.29 is 18.7 Å². The molecule has 2 aromatic rings. The first-order valence-electron chi connectivity index (χ1n) is 8.04. The number of hydrogen-bond acceptors (Lipinski definition) is 3. The second-order valence-electron chi connectivity index (χ2n) is 5.82. The number of piperazine rings is 1. The summed E-state index contributed by atoms with van der Waals surface area (Å²) in [6.45, 7) is 2.30. The molecule has 0 aliphatic carbocycles. The fourth-order valence-corrected chi connectivity index (χ4v) is 3.03. The molecule has 130 valence electrons. The highest BCUT2D eigenvalue weighted by Gasteiger charge is 2.36. The second kappa shape index (κ2) is 6.93. The Hall–Kier alpha value is -2.89. The summed E-state index contributed by atoms with van der Waals surface area (Å²) in [5, 5.41) is 0. The lowest BCUT2D eigenvalue weighted by atomic mass is 10.1. The van der Waals surface area contributed by atoms with Crippen molar-refractivity contribution in [3.63, 3.8) is 0 Å². The van der Waals surface area contributed by atoms with Crippen molar-refractivity contribution in [2.45, 2.75) is 13.0 Å². The van der Waals surface area contributed by atoms with Gasteiger partial charge in [0.15, 0.2) is 0 Å². The normalized spacial score (nSPS) is 17.6. The van der Waals surface area contributed by atoms with Crippen LogP contribution in [-0.2, 0) is 4.79 Å². The van der Waals surface area contributed by atoms with Gasteiger partial charge in [0.1, 0.15) is 17.6 Å². The third-order valence-electron chi connectivity index (χ3n) is 4.40. The molecule has 0 saturated carbocycles. The van der Waals surface area contributed by atoms with Gasteiger partial charge in [0.05, 0.1) is 18.4 Å². The van der Waals surface area contributed by atoms with E-state index in [1.54, 1.807) is 37.1 Å². The number of methoxy groups -OCH3 is 1. The molecule has 25 heavy (non-hydrogen) atoms. The lowest BCUT2D eigenvalue weighted by Crippen LogP contribution is -2.58. The molecule has 0 N–H and O–H groups in total. The van der Waals surface area contributed by atoms with E-state index in [9.17, 15) is 14.0 Å². The Balaban J connectivity index is 1.85. The first kappa shape index (κ1) is 17.0. The molecule has 6 heteroatoms. The monoisotopic (exact) mass is 342 g/mol. The molecule has 1 atom stereocenters. The average molecular weight is 342 g/mol. The maximum absolute atomic E-state index is 13.9. The van der Waals surface area contributed by atoms with Gasteiger partial charge in [-0.2, -0.15) is 0 Å². The second-order valence-corrected chi connectivity index (χ2v) is 5.82. The number of carbonyl (C=O) groups is 2. The number of hydrogen-bond donors (Lipinski definition) is 0. The molecule has 1 unspecified atom stereocenters. The zero-order valence-electron chi connectivity index (χ0n) is 14.1.